The standard InChI is InChI=1S/C10H14N2O4S3/c1-2-17-18-8-7-11-19(15,16)10-5-3-9(4-6-10)12(13)14/h3-6,11H,2,7-8H2,1H3. The highest BCUT2D eigenvalue weighted by molar-refractivity contribution is 8.76. The predicted octanol–water partition coefficient (Wildman–Crippen LogP) is 2.27. The molecular weight excluding hydrogens is 308 g/mol. The van der Waals surface area contributed by atoms with E-state index in [0.29, 0.717) is 12.3 Å². The molecule has 9 heteroatoms. The van der Waals surface area contributed by atoms with E-state index in [2.05, 4.69) is 4.72 Å². The van der Waals surface area contributed by atoms with Crippen LogP contribution < -0.4 is 4.72 Å². The number of nitro benzene ring substituents is 1. The van der Waals surface area contributed by atoms with Crippen LogP contribution in [0.3, 0.4) is 0 Å². The van der Waals surface area contributed by atoms with Gasteiger partial charge in [0, 0.05) is 30.2 Å². The van der Waals surface area contributed by atoms with Crippen molar-refractivity contribution >= 4 is 37.3 Å². The zero-order chi connectivity index (χ0) is 14.3. The molecular formula is C10H14N2O4S3. The summed E-state index contributed by atoms with van der Waals surface area (Å²) in [5, 5.41) is 10.5. The van der Waals surface area contributed by atoms with Crippen LogP contribution in [0.15, 0.2) is 29.2 Å². The number of non-ortho nitro benzene ring substituents is 1. The third-order valence-corrected chi connectivity index (χ3v) is 5.99. The van der Waals surface area contributed by atoms with Crippen molar-refractivity contribution in [3.8, 4) is 0 Å². The summed E-state index contributed by atoms with van der Waals surface area (Å²) >= 11 is 0. The third kappa shape index (κ3) is 5.39. The van der Waals surface area contributed by atoms with Gasteiger partial charge in [0.15, 0.2) is 0 Å². The number of nitro groups is 1. The van der Waals surface area contributed by atoms with Crippen molar-refractivity contribution in [1.82, 2.24) is 4.72 Å². The molecule has 0 fully saturated rings. The van der Waals surface area contributed by atoms with E-state index in [9.17, 15) is 18.5 Å². The van der Waals surface area contributed by atoms with E-state index < -0.39 is 14.9 Å². The molecule has 1 N–H and O–H groups in total. The molecule has 0 heterocycles. The highest BCUT2D eigenvalue weighted by Gasteiger charge is 2.14. The molecule has 0 aliphatic heterocycles. The van der Waals surface area contributed by atoms with Crippen LogP contribution in [0.4, 0.5) is 5.69 Å². The minimum atomic E-state index is -3.59. The van der Waals surface area contributed by atoms with E-state index >= 15 is 0 Å². The second kappa shape index (κ2) is 7.73. The Morgan fingerprint density at radius 2 is 1.89 bits per heavy atom. The summed E-state index contributed by atoms with van der Waals surface area (Å²) in [4.78, 5) is 9.94. The first-order valence-corrected chi connectivity index (χ1v) is 9.43. The maximum atomic E-state index is 11.8. The summed E-state index contributed by atoms with van der Waals surface area (Å²) in [6.45, 7) is 2.36. The van der Waals surface area contributed by atoms with Crippen LogP contribution in [0.2, 0.25) is 0 Å². The SMILES string of the molecule is CCSSCCNS(=O)(=O)c1ccc([N+](=O)[O-])cc1. The monoisotopic (exact) mass is 322 g/mol. The molecule has 0 aromatic heterocycles. The van der Waals surface area contributed by atoms with E-state index in [1.54, 1.807) is 21.6 Å². The fourth-order valence-electron chi connectivity index (χ4n) is 1.19. The number of hydrogen-bond acceptors (Lipinski definition) is 6. The molecule has 0 atom stereocenters. The second-order valence-electron chi connectivity index (χ2n) is 3.38. The Balaban J connectivity index is 2.59. The fourth-order valence-corrected chi connectivity index (χ4v) is 3.92. The van der Waals surface area contributed by atoms with Crippen molar-refractivity contribution in [2.75, 3.05) is 18.1 Å². The maximum absolute atomic E-state index is 11.8. The average Bonchev–Trinajstić information content (AvgIpc) is 2.38. The van der Waals surface area contributed by atoms with Gasteiger partial charge in [-0.2, -0.15) is 0 Å². The van der Waals surface area contributed by atoms with Gasteiger partial charge in [-0.3, -0.25) is 10.1 Å². The summed E-state index contributed by atoms with van der Waals surface area (Å²) in [6.07, 6.45) is 0. The van der Waals surface area contributed by atoms with Gasteiger partial charge < -0.3 is 0 Å². The minimum Gasteiger partial charge on any atom is -0.258 e. The van der Waals surface area contributed by atoms with E-state index in [4.69, 9.17) is 0 Å². The zero-order valence-electron chi connectivity index (χ0n) is 10.2. The van der Waals surface area contributed by atoms with Crippen molar-refractivity contribution in [2.45, 2.75) is 11.8 Å². The lowest BCUT2D eigenvalue weighted by Gasteiger charge is -2.05. The lowest BCUT2D eigenvalue weighted by molar-refractivity contribution is -0.384. The number of sulfonamides is 1. The molecule has 0 saturated heterocycles. The van der Waals surface area contributed by atoms with Crippen LogP contribution in [0.5, 0.6) is 0 Å². The summed E-state index contributed by atoms with van der Waals surface area (Å²) < 4.78 is 26.1. The number of benzene rings is 1. The molecule has 0 saturated carbocycles. The molecule has 0 amide bonds. The lowest BCUT2D eigenvalue weighted by atomic mass is 10.3. The number of hydrogen-bond donors (Lipinski definition) is 1. The maximum Gasteiger partial charge on any atom is 0.269 e. The Morgan fingerprint density at radius 3 is 2.42 bits per heavy atom. The van der Waals surface area contributed by atoms with Crippen molar-refractivity contribution in [1.29, 1.82) is 0 Å². The summed E-state index contributed by atoms with van der Waals surface area (Å²) in [7, 11) is -0.323. The molecule has 106 valence electrons. The van der Waals surface area contributed by atoms with Crippen LogP contribution >= 0.6 is 21.6 Å². The molecule has 0 radical (unpaired) electrons. The first-order chi connectivity index (χ1) is 8.97. The van der Waals surface area contributed by atoms with Gasteiger partial charge in [0.1, 0.15) is 0 Å². The van der Waals surface area contributed by atoms with Crippen molar-refractivity contribution in [3.05, 3.63) is 34.4 Å². The van der Waals surface area contributed by atoms with Gasteiger partial charge in [-0.05, 0) is 12.1 Å². The van der Waals surface area contributed by atoms with Crippen molar-refractivity contribution < 1.29 is 13.3 Å². The Kier molecular flexibility index (Phi) is 6.63. The van der Waals surface area contributed by atoms with Gasteiger partial charge in [-0.25, -0.2) is 13.1 Å². The third-order valence-electron chi connectivity index (χ3n) is 2.04. The molecule has 6 nitrogen and oxygen atoms in total. The van der Waals surface area contributed by atoms with Crippen molar-refractivity contribution in [3.63, 3.8) is 0 Å². The van der Waals surface area contributed by atoms with Crippen LogP contribution in [0.25, 0.3) is 0 Å². The quantitative estimate of drug-likeness (QED) is 0.342. The number of nitrogens with zero attached hydrogens (tertiary/aromatic N) is 1. The average molecular weight is 322 g/mol. The zero-order valence-corrected chi connectivity index (χ0v) is 12.7. The van der Waals surface area contributed by atoms with Gasteiger partial charge in [-0.1, -0.05) is 28.5 Å². The largest absolute Gasteiger partial charge is 0.269 e. The van der Waals surface area contributed by atoms with Crippen LogP contribution in [-0.4, -0.2) is 31.4 Å². The highest BCUT2D eigenvalue weighted by Crippen LogP contribution is 2.19. The molecule has 1 rings (SSSR count). The molecule has 19 heavy (non-hydrogen) atoms. The molecule has 0 unspecified atom stereocenters. The Hall–Kier alpha value is -0.770. The van der Waals surface area contributed by atoms with E-state index in [1.807, 2.05) is 6.92 Å². The van der Waals surface area contributed by atoms with Crippen LogP contribution in [0, 0.1) is 10.1 Å². The second-order valence-corrected chi connectivity index (χ2v) is 8.02. The van der Waals surface area contributed by atoms with E-state index in [0.717, 1.165) is 5.75 Å². The molecule has 0 aliphatic carbocycles. The van der Waals surface area contributed by atoms with E-state index in [-0.39, 0.29) is 10.6 Å². The summed E-state index contributed by atoms with van der Waals surface area (Å²) in [5.41, 5.74) is -0.131. The minimum absolute atomic E-state index is 0.0336. The Morgan fingerprint density at radius 1 is 1.26 bits per heavy atom. The molecule has 0 bridgehead atoms. The van der Waals surface area contributed by atoms with Gasteiger partial charge >= 0.3 is 0 Å². The lowest BCUT2D eigenvalue weighted by Crippen LogP contribution is -2.25. The van der Waals surface area contributed by atoms with Gasteiger partial charge in [0.25, 0.3) is 5.69 Å². The molecule has 0 aliphatic rings. The van der Waals surface area contributed by atoms with Crippen molar-refractivity contribution in [2.24, 2.45) is 0 Å². The number of rotatable bonds is 8. The number of nitrogens with one attached hydrogen (secondary N) is 1. The molecule has 1 aromatic rings. The van der Waals surface area contributed by atoms with Crippen LogP contribution in [-0.2, 0) is 10.0 Å². The fraction of sp³-hybridized carbons (Fsp3) is 0.400. The van der Waals surface area contributed by atoms with Gasteiger partial charge in [0.2, 0.25) is 10.0 Å². The normalized spacial score (nSPS) is 11.4. The Bertz CT molecular complexity index is 516. The topological polar surface area (TPSA) is 89.3 Å². The summed E-state index contributed by atoms with van der Waals surface area (Å²) in [6, 6.07) is 4.81. The Labute approximate surface area is 120 Å². The van der Waals surface area contributed by atoms with E-state index in [1.165, 1.54) is 24.3 Å². The molecule has 0 spiro atoms. The summed E-state index contributed by atoms with van der Waals surface area (Å²) in [5.74, 6) is 1.64. The van der Waals surface area contributed by atoms with Crippen LogP contribution in [0.1, 0.15) is 6.92 Å². The highest BCUT2D eigenvalue weighted by atomic mass is 33.1. The molecule has 1 aromatic carbocycles. The van der Waals surface area contributed by atoms with Gasteiger partial charge in [-0.15, -0.1) is 0 Å². The van der Waals surface area contributed by atoms with Gasteiger partial charge in [0.05, 0.1) is 9.82 Å². The first-order valence-electron chi connectivity index (χ1n) is 5.46. The predicted molar refractivity (Wildman–Crippen MR) is 78.9 cm³/mol. The first kappa shape index (κ1) is 16.3. The smallest absolute Gasteiger partial charge is 0.258 e.